The summed E-state index contributed by atoms with van der Waals surface area (Å²) in [6.07, 6.45) is 0.137. The highest BCUT2D eigenvalue weighted by molar-refractivity contribution is 5.77. The van der Waals surface area contributed by atoms with E-state index in [0.29, 0.717) is 23.8 Å². The molecule has 5 nitrogen and oxygen atoms in total. The van der Waals surface area contributed by atoms with Crippen molar-refractivity contribution in [2.45, 2.75) is 26.4 Å². The van der Waals surface area contributed by atoms with Crippen molar-refractivity contribution in [3.63, 3.8) is 0 Å². The van der Waals surface area contributed by atoms with E-state index in [-0.39, 0.29) is 19.1 Å². The van der Waals surface area contributed by atoms with Crippen LogP contribution in [0.4, 0.5) is 0 Å². The lowest BCUT2D eigenvalue weighted by Gasteiger charge is -2.14. The molecule has 20 heavy (non-hydrogen) atoms. The van der Waals surface area contributed by atoms with E-state index in [1.165, 1.54) is 0 Å². The summed E-state index contributed by atoms with van der Waals surface area (Å²) < 4.78 is 10.5. The summed E-state index contributed by atoms with van der Waals surface area (Å²) in [6, 6.07) is 7.13. The zero-order valence-electron chi connectivity index (χ0n) is 12.3. The summed E-state index contributed by atoms with van der Waals surface area (Å²) in [5, 5.41) is 12.3. The fraction of sp³-hybridized carbons (Fsp3) is 0.533. The number of amides is 1. The Kier molecular flexibility index (Phi) is 6.87. The molecule has 0 aliphatic heterocycles. The van der Waals surface area contributed by atoms with Gasteiger partial charge in [-0.3, -0.25) is 4.79 Å². The van der Waals surface area contributed by atoms with Crippen LogP contribution in [0.15, 0.2) is 24.3 Å². The molecule has 0 aliphatic rings. The highest BCUT2D eigenvalue weighted by atomic mass is 16.5. The molecule has 1 atom stereocenters. The number of aliphatic hydroxyl groups excluding tert-OH is 1. The molecule has 1 rings (SSSR count). The van der Waals surface area contributed by atoms with Crippen LogP contribution in [0.2, 0.25) is 0 Å². The van der Waals surface area contributed by atoms with Gasteiger partial charge in [0, 0.05) is 6.54 Å². The molecule has 0 aliphatic carbocycles. The molecule has 1 unspecified atom stereocenters. The minimum atomic E-state index is -0.523. The van der Waals surface area contributed by atoms with E-state index in [4.69, 9.17) is 9.47 Å². The zero-order valence-corrected chi connectivity index (χ0v) is 12.3. The van der Waals surface area contributed by atoms with Crippen LogP contribution >= 0.6 is 0 Å². The summed E-state index contributed by atoms with van der Waals surface area (Å²) in [5.74, 6) is 1.23. The molecule has 1 amide bonds. The van der Waals surface area contributed by atoms with Gasteiger partial charge in [-0.05, 0) is 24.5 Å². The van der Waals surface area contributed by atoms with Crippen LogP contribution in [0.3, 0.4) is 0 Å². The number of carbonyl (C=O) groups excluding carboxylic acids is 1. The minimum absolute atomic E-state index is 0.102. The molecule has 0 spiro atoms. The smallest absolute Gasteiger partial charge is 0.258 e. The molecule has 0 heterocycles. The van der Waals surface area contributed by atoms with Gasteiger partial charge in [-0.1, -0.05) is 26.0 Å². The molecule has 0 fully saturated rings. The van der Waals surface area contributed by atoms with Crippen LogP contribution in [-0.4, -0.2) is 37.4 Å². The highest BCUT2D eigenvalue weighted by Crippen LogP contribution is 2.25. The Balaban J connectivity index is 2.33. The number of benzene rings is 1. The first-order valence-corrected chi connectivity index (χ1v) is 6.73. The first-order chi connectivity index (χ1) is 9.52. The normalized spacial score (nSPS) is 12.1. The van der Waals surface area contributed by atoms with Crippen molar-refractivity contribution in [2.24, 2.45) is 5.92 Å². The summed E-state index contributed by atoms with van der Waals surface area (Å²) in [4.78, 5) is 11.6. The number of hydrogen-bond donors (Lipinski definition) is 2. The van der Waals surface area contributed by atoms with Gasteiger partial charge in [0.05, 0.1) is 13.2 Å². The lowest BCUT2D eigenvalue weighted by atomic mass is 10.1. The Hall–Kier alpha value is -1.75. The van der Waals surface area contributed by atoms with E-state index in [2.05, 4.69) is 5.32 Å². The van der Waals surface area contributed by atoms with E-state index in [9.17, 15) is 9.90 Å². The van der Waals surface area contributed by atoms with Crippen molar-refractivity contribution in [1.29, 1.82) is 0 Å². The van der Waals surface area contributed by atoms with Gasteiger partial charge in [0.15, 0.2) is 18.1 Å². The average molecular weight is 281 g/mol. The molecule has 0 saturated heterocycles. The van der Waals surface area contributed by atoms with E-state index in [1.54, 1.807) is 19.2 Å². The number of carbonyl (C=O) groups is 1. The second-order valence-corrected chi connectivity index (χ2v) is 5.03. The number of para-hydroxylation sites is 2. The fourth-order valence-corrected chi connectivity index (χ4v) is 1.79. The third-order valence-electron chi connectivity index (χ3n) is 2.71. The lowest BCUT2D eigenvalue weighted by molar-refractivity contribution is -0.123. The molecule has 0 aromatic heterocycles. The van der Waals surface area contributed by atoms with Crippen molar-refractivity contribution in [3.8, 4) is 11.5 Å². The predicted octanol–water partition coefficient (Wildman–Crippen LogP) is 1.60. The Labute approximate surface area is 119 Å². The van der Waals surface area contributed by atoms with E-state index < -0.39 is 6.10 Å². The van der Waals surface area contributed by atoms with Gasteiger partial charge in [-0.2, -0.15) is 0 Å². The van der Waals surface area contributed by atoms with Crippen molar-refractivity contribution in [2.75, 3.05) is 20.3 Å². The van der Waals surface area contributed by atoms with Crippen LogP contribution in [0.1, 0.15) is 20.3 Å². The van der Waals surface area contributed by atoms with Crippen LogP contribution in [0.25, 0.3) is 0 Å². The fourth-order valence-electron chi connectivity index (χ4n) is 1.79. The Morgan fingerprint density at radius 1 is 1.30 bits per heavy atom. The van der Waals surface area contributed by atoms with Crippen LogP contribution < -0.4 is 14.8 Å². The predicted molar refractivity (Wildman–Crippen MR) is 77.0 cm³/mol. The molecule has 0 saturated carbocycles. The molecular weight excluding hydrogens is 258 g/mol. The topological polar surface area (TPSA) is 67.8 Å². The largest absolute Gasteiger partial charge is 0.493 e. The monoisotopic (exact) mass is 281 g/mol. The Bertz CT molecular complexity index is 420. The van der Waals surface area contributed by atoms with E-state index in [1.807, 2.05) is 26.0 Å². The number of rotatable bonds is 8. The highest BCUT2D eigenvalue weighted by Gasteiger charge is 2.10. The molecular formula is C15H23NO4. The van der Waals surface area contributed by atoms with Gasteiger partial charge in [0.2, 0.25) is 0 Å². The second kappa shape index (κ2) is 8.43. The van der Waals surface area contributed by atoms with Gasteiger partial charge < -0.3 is 19.9 Å². The van der Waals surface area contributed by atoms with Gasteiger partial charge in [-0.15, -0.1) is 0 Å². The molecule has 5 heteroatoms. The van der Waals surface area contributed by atoms with E-state index in [0.717, 1.165) is 0 Å². The van der Waals surface area contributed by atoms with Crippen molar-refractivity contribution in [1.82, 2.24) is 5.32 Å². The molecule has 112 valence electrons. The second-order valence-electron chi connectivity index (χ2n) is 5.03. The summed E-state index contributed by atoms with van der Waals surface area (Å²) in [5.41, 5.74) is 0. The first-order valence-electron chi connectivity index (χ1n) is 6.73. The SMILES string of the molecule is COc1ccccc1OCC(=O)NCC(O)CC(C)C. The molecule has 0 radical (unpaired) electrons. The third kappa shape index (κ3) is 5.93. The standard InChI is InChI=1S/C15H23NO4/c1-11(2)8-12(17)9-16-15(18)10-20-14-7-5-4-6-13(14)19-3/h4-7,11-12,17H,8-10H2,1-3H3,(H,16,18). The van der Waals surface area contributed by atoms with E-state index >= 15 is 0 Å². The van der Waals surface area contributed by atoms with Gasteiger partial charge >= 0.3 is 0 Å². The molecule has 0 bridgehead atoms. The van der Waals surface area contributed by atoms with Gasteiger partial charge in [0.1, 0.15) is 0 Å². The number of methoxy groups -OCH3 is 1. The number of ether oxygens (including phenoxy) is 2. The maximum atomic E-state index is 11.6. The molecule has 1 aromatic carbocycles. The quantitative estimate of drug-likeness (QED) is 0.759. The average Bonchev–Trinajstić information content (AvgIpc) is 2.42. The maximum Gasteiger partial charge on any atom is 0.258 e. The van der Waals surface area contributed by atoms with Crippen molar-refractivity contribution in [3.05, 3.63) is 24.3 Å². The summed E-state index contributed by atoms with van der Waals surface area (Å²) in [6.45, 7) is 4.19. The lowest BCUT2D eigenvalue weighted by Crippen LogP contribution is -2.35. The van der Waals surface area contributed by atoms with Crippen LogP contribution in [-0.2, 0) is 4.79 Å². The maximum absolute atomic E-state index is 11.6. The summed E-state index contributed by atoms with van der Waals surface area (Å²) >= 11 is 0. The number of aliphatic hydroxyl groups is 1. The molecule has 2 N–H and O–H groups in total. The minimum Gasteiger partial charge on any atom is -0.493 e. The van der Waals surface area contributed by atoms with Crippen molar-refractivity contribution >= 4 is 5.91 Å². The zero-order chi connectivity index (χ0) is 15.0. The number of nitrogens with one attached hydrogen (secondary N) is 1. The Morgan fingerprint density at radius 2 is 1.95 bits per heavy atom. The van der Waals surface area contributed by atoms with Gasteiger partial charge in [-0.25, -0.2) is 0 Å². The molecule has 1 aromatic rings. The van der Waals surface area contributed by atoms with Gasteiger partial charge in [0.25, 0.3) is 5.91 Å². The Morgan fingerprint density at radius 3 is 2.55 bits per heavy atom. The summed E-state index contributed by atoms with van der Waals surface area (Å²) in [7, 11) is 1.55. The number of hydrogen-bond acceptors (Lipinski definition) is 4. The van der Waals surface area contributed by atoms with Crippen LogP contribution in [0, 0.1) is 5.92 Å². The third-order valence-corrected chi connectivity index (χ3v) is 2.71. The van der Waals surface area contributed by atoms with Crippen LogP contribution in [0.5, 0.6) is 11.5 Å². The van der Waals surface area contributed by atoms with Crippen molar-refractivity contribution < 1.29 is 19.4 Å². The first kappa shape index (κ1) is 16.3.